The minimum Gasteiger partial charge on any atom is -0.490 e. The molecule has 2 fully saturated rings. The molecular weight excluding hydrogens is 435 g/mol. The van der Waals surface area contributed by atoms with Crippen molar-refractivity contribution in [2.24, 2.45) is 38.9 Å². The second-order valence-corrected chi connectivity index (χ2v) is 9.21. The zero-order valence-electron chi connectivity index (χ0n) is 18.5. The first-order chi connectivity index (χ1) is 16.6. The van der Waals surface area contributed by atoms with E-state index in [1.54, 1.807) is 30.6 Å². The minimum atomic E-state index is -0.346. The average Bonchev–Trinajstić information content (AvgIpc) is 3.21. The fourth-order valence-electron chi connectivity index (χ4n) is 5.47. The number of hydrogen-bond acceptors (Lipinski definition) is 7. The zero-order chi connectivity index (χ0) is 23.2. The van der Waals surface area contributed by atoms with Gasteiger partial charge in [0.05, 0.1) is 11.6 Å². The zero-order valence-corrected chi connectivity index (χ0v) is 18.5. The van der Waals surface area contributed by atoms with Gasteiger partial charge in [0, 0.05) is 29.3 Å². The van der Waals surface area contributed by atoms with Crippen molar-refractivity contribution < 1.29 is 13.9 Å². The van der Waals surface area contributed by atoms with Gasteiger partial charge in [-0.15, -0.1) is 5.11 Å². The van der Waals surface area contributed by atoms with Crippen molar-refractivity contribution in [2.45, 2.75) is 32.0 Å². The Labute approximate surface area is 195 Å². The van der Waals surface area contributed by atoms with Crippen LogP contribution in [0.4, 0.5) is 10.2 Å². The number of benzene rings is 1. The largest absolute Gasteiger partial charge is 0.490 e. The fraction of sp³-hybridized carbons (Fsp3) is 0.360. The molecule has 4 unspecified atom stereocenters. The number of aliphatic imine (C=N–C) groups is 1. The van der Waals surface area contributed by atoms with E-state index in [0.717, 1.165) is 18.4 Å². The van der Waals surface area contributed by atoms with Crippen LogP contribution < -0.4 is 10.1 Å². The lowest BCUT2D eigenvalue weighted by Gasteiger charge is -2.20. The lowest BCUT2D eigenvalue weighted by atomic mass is 9.97. The number of halogens is 1. The van der Waals surface area contributed by atoms with Gasteiger partial charge in [-0.25, -0.2) is 14.4 Å². The number of fused-ring (bicyclic) bond motifs is 2. The van der Waals surface area contributed by atoms with Crippen molar-refractivity contribution in [3.63, 3.8) is 0 Å². The number of rotatable bonds is 6. The number of hydrogen-bond donors (Lipinski definition) is 1. The van der Waals surface area contributed by atoms with Gasteiger partial charge in [0.1, 0.15) is 23.7 Å². The summed E-state index contributed by atoms with van der Waals surface area (Å²) in [6.07, 6.45) is 6.29. The van der Waals surface area contributed by atoms with E-state index in [4.69, 9.17) is 4.74 Å². The number of carbonyl (C=O) groups excluding carboxylic acids is 1. The molecule has 9 heteroatoms. The smallest absolute Gasteiger partial charge is 0.228 e. The Morgan fingerprint density at radius 2 is 2.00 bits per heavy atom. The third-order valence-electron chi connectivity index (χ3n) is 7.19. The van der Waals surface area contributed by atoms with Crippen LogP contribution in [0, 0.1) is 29.5 Å². The summed E-state index contributed by atoms with van der Waals surface area (Å²) in [5, 5.41) is 11.3. The molecule has 2 saturated carbocycles. The van der Waals surface area contributed by atoms with Crippen molar-refractivity contribution in [1.29, 1.82) is 0 Å². The molecule has 6 rings (SSSR count). The maximum atomic E-state index is 13.7. The minimum absolute atomic E-state index is 0.0219. The highest BCUT2D eigenvalue weighted by Gasteiger charge is 2.59. The standard InChI is InChI=1S/C25H23FN6O2/c1-13(25(33)31-22-5-2-14(11-28-22)24-29-12-30-32-24)23-17-9-16(10-18(17)23)34-21-6-7-27-20-4-3-15(26)8-19(20)21/h2-8,11-13,16-18,23-24H,9-10H2,1H3,(H,28,31,33)/t13?,16?,17-,18+,23?,24?. The monoisotopic (exact) mass is 458 g/mol. The molecule has 6 atom stereocenters. The number of anilines is 1. The van der Waals surface area contributed by atoms with E-state index >= 15 is 0 Å². The van der Waals surface area contributed by atoms with E-state index in [-0.39, 0.29) is 29.9 Å². The van der Waals surface area contributed by atoms with Crippen LogP contribution in [-0.4, -0.2) is 28.3 Å². The number of aromatic nitrogens is 2. The number of amides is 1. The number of pyridine rings is 2. The van der Waals surface area contributed by atoms with E-state index in [9.17, 15) is 9.18 Å². The molecule has 3 heterocycles. The highest BCUT2D eigenvalue weighted by Crippen LogP contribution is 2.61. The first kappa shape index (κ1) is 20.8. The lowest BCUT2D eigenvalue weighted by Crippen LogP contribution is -2.26. The summed E-state index contributed by atoms with van der Waals surface area (Å²) in [6.45, 7) is 1.98. The van der Waals surface area contributed by atoms with Crippen LogP contribution in [0.25, 0.3) is 10.9 Å². The third kappa shape index (κ3) is 3.81. The topological polar surface area (TPSA) is 101 Å². The van der Waals surface area contributed by atoms with Crippen LogP contribution in [0.3, 0.4) is 0 Å². The number of nitrogens with zero attached hydrogens (tertiary/aromatic N) is 5. The summed E-state index contributed by atoms with van der Waals surface area (Å²) in [4.78, 5) is 25.6. The Hall–Kier alpha value is -3.75. The van der Waals surface area contributed by atoms with Crippen molar-refractivity contribution >= 4 is 29.0 Å². The van der Waals surface area contributed by atoms with Gasteiger partial charge in [0.15, 0.2) is 6.17 Å². The van der Waals surface area contributed by atoms with E-state index < -0.39 is 0 Å². The average molecular weight is 458 g/mol. The van der Waals surface area contributed by atoms with Gasteiger partial charge in [-0.3, -0.25) is 9.78 Å². The Morgan fingerprint density at radius 3 is 2.74 bits per heavy atom. The van der Waals surface area contributed by atoms with E-state index in [1.165, 1.54) is 18.5 Å². The van der Waals surface area contributed by atoms with Crippen LogP contribution in [0.2, 0.25) is 0 Å². The summed E-state index contributed by atoms with van der Waals surface area (Å²) in [5.74, 6) is 2.03. The predicted octanol–water partition coefficient (Wildman–Crippen LogP) is 4.94. The lowest BCUT2D eigenvalue weighted by molar-refractivity contribution is -0.120. The van der Waals surface area contributed by atoms with Crippen LogP contribution in [0.1, 0.15) is 31.5 Å². The predicted molar refractivity (Wildman–Crippen MR) is 124 cm³/mol. The molecule has 34 heavy (non-hydrogen) atoms. The van der Waals surface area contributed by atoms with Crippen molar-refractivity contribution in [1.82, 2.24) is 9.97 Å². The molecule has 3 aromatic rings. The quantitative estimate of drug-likeness (QED) is 0.565. The number of carbonyl (C=O) groups is 1. The van der Waals surface area contributed by atoms with Crippen LogP contribution in [0.15, 0.2) is 64.0 Å². The molecule has 3 aliphatic rings. The van der Waals surface area contributed by atoms with Crippen molar-refractivity contribution in [3.05, 3.63) is 60.2 Å². The maximum Gasteiger partial charge on any atom is 0.228 e. The molecule has 0 radical (unpaired) electrons. The molecule has 172 valence electrons. The van der Waals surface area contributed by atoms with Crippen LogP contribution in [0.5, 0.6) is 5.75 Å². The summed E-state index contributed by atoms with van der Waals surface area (Å²) in [5.41, 5.74) is 1.54. The molecule has 2 aliphatic carbocycles. The Kier molecular flexibility index (Phi) is 5.04. The summed E-state index contributed by atoms with van der Waals surface area (Å²) < 4.78 is 20.0. The van der Waals surface area contributed by atoms with Crippen LogP contribution >= 0.6 is 0 Å². The van der Waals surface area contributed by atoms with Crippen LogP contribution in [-0.2, 0) is 4.79 Å². The van der Waals surface area contributed by atoms with Gasteiger partial charge in [0.2, 0.25) is 5.91 Å². The number of azo groups is 1. The molecule has 2 aromatic heterocycles. The van der Waals surface area contributed by atoms with Crippen molar-refractivity contribution in [3.8, 4) is 5.75 Å². The molecule has 1 N–H and O–H groups in total. The molecule has 8 nitrogen and oxygen atoms in total. The summed E-state index contributed by atoms with van der Waals surface area (Å²) in [6, 6.07) is 9.94. The van der Waals surface area contributed by atoms with Crippen molar-refractivity contribution in [2.75, 3.05) is 5.32 Å². The Morgan fingerprint density at radius 1 is 1.15 bits per heavy atom. The second-order valence-electron chi connectivity index (χ2n) is 9.21. The molecule has 0 saturated heterocycles. The molecule has 0 bridgehead atoms. The summed E-state index contributed by atoms with van der Waals surface area (Å²) >= 11 is 0. The van der Waals surface area contributed by atoms with E-state index in [2.05, 4.69) is 30.5 Å². The third-order valence-corrected chi connectivity index (χ3v) is 7.19. The van der Waals surface area contributed by atoms with E-state index in [0.29, 0.717) is 40.2 Å². The fourth-order valence-corrected chi connectivity index (χ4v) is 5.47. The van der Waals surface area contributed by atoms with Gasteiger partial charge < -0.3 is 10.1 Å². The van der Waals surface area contributed by atoms with Gasteiger partial charge in [-0.2, -0.15) is 5.11 Å². The van der Waals surface area contributed by atoms with Gasteiger partial charge >= 0.3 is 0 Å². The molecule has 0 spiro atoms. The van der Waals surface area contributed by atoms with Gasteiger partial charge in [-0.1, -0.05) is 6.92 Å². The SMILES string of the molecule is CC(C(=O)Nc1ccc(C2N=CN=N2)cn1)C1[C@H]2CC(Oc3ccnc4ccc(F)cc34)C[C@@H]12. The van der Waals surface area contributed by atoms with Gasteiger partial charge in [0.25, 0.3) is 0 Å². The first-order valence-corrected chi connectivity index (χ1v) is 11.5. The Bertz CT molecular complexity index is 1290. The number of nitrogens with one attached hydrogen (secondary N) is 1. The van der Waals surface area contributed by atoms with E-state index in [1.807, 2.05) is 13.0 Å². The molecule has 1 aliphatic heterocycles. The molecular formula is C25H23FN6O2. The normalized spacial score (nSPS) is 27.5. The maximum absolute atomic E-state index is 13.7. The second kappa shape index (κ2) is 8.23. The molecule has 1 amide bonds. The molecule has 1 aromatic carbocycles. The highest BCUT2D eigenvalue weighted by atomic mass is 19.1. The Balaban J connectivity index is 1.04. The number of ether oxygens (including phenoxy) is 1. The summed E-state index contributed by atoms with van der Waals surface area (Å²) in [7, 11) is 0. The van der Waals surface area contributed by atoms with Gasteiger partial charge in [-0.05, 0) is 67.0 Å². The first-order valence-electron chi connectivity index (χ1n) is 11.5. The highest BCUT2D eigenvalue weighted by molar-refractivity contribution is 5.92.